The number of aromatic amines is 1. The molecule has 1 aliphatic heterocycles. The molecule has 10 nitrogen and oxygen atoms in total. The van der Waals surface area contributed by atoms with Crippen LogP contribution in [0.25, 0.3) is 5.69 Å². The molecule has 0 bridgehead atoms. The van der Waals surface area contributed by atoms with Gasteiger partial charge in [0.25, 0.3) is 11.5 Å². The molecule has 0 saturated carbocycles. The molecule has 0 spiro atoms. The van der Waals surface area contributed by atoms with E-state index < -0.39 is 55.2 Å². The number of carbonyl (C=O) groups excluding carboxylic acids is 1. The van der Waals surface area contributed by atoms with Gasteiger partial charge in [-0.2, -0.15) is 17.9 Å². The molecular formula is C19H14F3N5O5S. The van der Waals surface area contributed by atoms with Gasteiger partial charge in [0.1, 0.15) is 5.82 Å². The molecule has 14 heteroatoms. The minimum atomic E-state index is -5.62. The summed E-state index contributed by atoms with van der Waals surface area (Å²) < 4.78 is 70.9. The number of rotatable bonds is 4. The number of benzene rings is 2. The number of sulfonamides is 1. The summed E-state index contributed by atoms with van der Waals surface area (Å²) in [6.45, 7) is 0. The van der Waals surface area contributed by atoms with Gasteiger partial charge in [-0.05, 0) is 36.4 Å². The van der Waals surface area contributed by atoms with Crippen molar-refractivity contribution >= 4 is 27.4 Å². The zero-order valence-electron chi connectivity index (χ0n) is 16.3. The van der Waals surface area contributed by atoms with Crippen molar-refractivity contribution in [1.29, 1.82) is 0 Å². The fourth-order valence-corrected chi connectivity index (χ4v) is 4.80. The Morgan fingerprint density at radius 2 is 1.58 bits per heavy atom. The minimum Gasteiger partial charge on any atom is -0.399 e. The Morgan fingerprint density at radius 1 is 0.970 bits per heavy atom. The van der Waals surface area contributed by atoms with Crippen molar-refractivity contribution in [2.75, 3.05) is 11.1 Å². The zero-order valence-corrected chi connectivity index (χ0v) is 17.1. The molecular weight excluding hydrogens is 467 g/mol. The monoisotopic (exact) mass is 481 g/mol. The first-order valence-electron chi connectivity index (χ1n) is 9.11. The smallest absolute Gasteiger partial charge is 0.399 e. The molecule has 0 saturated heterocycles. The number of alkyl halides is 3. The minimum absolute atomic E-state index is 0.0228. The van der Waals surface area contributed by atoms with E-state index in [2.05, 4.69) is 0 Å². The standard InChI is InChI=1S/C19H14F3N5O5S/c20-19(21,22)18(26-33(31,32)12-8-6-10(23)7-9-12)13-14(24-16(18)29)27(17(30)25-15(13)28)11-4-2-1-3-5-11/h1-9,26H,23H2,(H,24,29)(H,25,28,30)/t18-/m1/s1. The van der Waals surface area contributed by atoms with Crippen LogP contribution in [0.15, 0.2) is 69.1 Å². The second kappa shape index (κ2) is 7.31. The highest BCUT2D eigenvalue weighted by atomic mass is 32.2. The highest BCUT2D eigenvalue weighted by molar-refractivity contribution is 7.89. The van der Waals surface area contributed by atoms with E-state index in [1.165, 1.54) is 29.0 Å². The molecule has 0 fully saturated rings. The molecule has 2 heterocycles. The van der Waals surface area contributed by atoms with Crippen LogP contribution in [0.5, 0.6) is 0 Å². The van der Waals surface area contributed by atoms with Crippen LogP contribution in [0.2, 0.25) is 0 Å². The van der Waals surface area contributed by atoms with E-state index in [0.29, 0.717) is 4.57 Å². The Bertz CT molecular complexity index is 1480. The lowest BCUT2D eigenvalue weighted by molar-refractivity contribution is -0.194. The van der Waals surface area contributed by atoms with Crippen LogP contribution < -0.4 is 27.0 Å². The number of H-pyrrole nitrogens is 1. The summed E-state index contributed by atoms with van der Waals surface area (Å²) in [6.07, 6.45) is -5.62. The maximum atomic E-state index is 14.4. The lowest BCUT2D eigenvalue weighted by Gasteiger charge is -2.29. The Kier molecular flexibility index (Phi) is 4.94. The number of amides is 1. The van der Waals surface area contributed by atoms with Gasteiger partial charge in [-0.25, -0.2) is 17.8 Å². The molecule has 0 aliphatic carbocycles. The number of hydrogen-bond donors (Lipinski definition) is 4. The third-order valence-electron chi connectivity index (χ3n) is 4.98. The highest BCUT2D eigenvalue weighted by Gasteiger charge is 2.69. The number of nitrogens with one attached hydrogen (secondary N) is 3. The van der Waals surface area contributed by atoms with E-state index in [-0.39, 0.29) is 11.4 Å². The predicted octanol–water partition coefficient (Wildman–Crippen LogP) is 0.796. The average molecular weight is 481 g/mol. The topological polar surface area (TPSA) is 156 Å². The quantitative estimate of drug-likeness (QED) is 0.404. The van der Waals surface area contributed by atoms with Gasteiger partial charge in [0.05, 0.1) is 16.1 Å². The normalized spacial score (nSPS) is 18.1. The van der Waals surface area contributed by atoms with Crippen molar-refractivity contribution < 1.29 is 26.4 Å². The molecule has 2 aromatic carbocycles. The van der Waals surface area contributed by atoms with Crippen LogP contribution in [-0.4, -0.2) is 30.1 Å². The summed E-state index contributed by atoms with van der Waals surface area (Å²) in [5, 5.41) is 1.86. The fraction of sp³-hybridized carbons (Fsp3) is 0.105. The number of aromatic nitrogens is 2. The summed E-state index contributed by atoms with van der Waals surface area (Å²) in [4.78, 5) is 38.9. The van der Waals surface area contributed by atoms with E-state index in [9.17, 15) is 36.0 Å². The molecule has 4 rings (SSSR count). The van der Waals surface area contributed by atoms with Crippen LogP contribution >= 0.6 is 0 Å². The van der Waals surface area contributed by atoms with Gasteiger partial charge in [-0.3, -0.25) is 14.6 Å². The number of hydrogen-bond acceptors (Lipinski definition) is 6. The van der Waals surface area contributed by atoms with Gasteiger partial charge >= 0.3 is 11.9 Å². The summed E-state index contributed by atoms with van der Waals surface area (Å²) in [5.74, 6) is -2.71. The Labute approximate surface area is 182 Å². The Hall–Kier alpha value is -3.91. The number of fused-ring (bicyclic) bond motifs is 1. The second-order valence-corrected chi connectivity index (χ2v) is 8.71. The SMILES string of the molecule is Nc1ccc(S(=O)(=O)N[C@@]2(C(F)(F)F)C(=O)Nc3c2c(=O)[nH]c(=O)n3-c2ccccc2)cc1. The van der Waals surface area contributed by atoms with Gasteiger partial charge in [0.2, 0.25) is 15.6 Å². The lowest BCUT2D eigenvalue weighted by Crippen LogP contribution is -2.61. The van der Waals surface area contributed by atoms with Crippen LogP contribution in [-0.2, 0) is 20.4 Å². The maximum absolute atomic E-state index is 14.4. The van der Waals surface area contributed by atoms with Gasteiger partial charge in [-0.15, -0.1) is 0 Å². The molecule has 172 valence electrons. The van der Waals surface area contributed by atoms with Crippen molar-refractivity contribution in [2.45, 2.75) is 16.6 Å². The van der Waals surface area contributed by atoms with E-state index in [0.717, 1.165) is 24.3 Å². The van der Waals surface area contributed by atoms with Crippen molar-refractivity contribution in [3.8, 4) is 5.69 Å². The van der Waals surface area contributed by atoms with Crippen molar-refractivity contribution in [1.82, 2.24) is 14.3 Å². The molecule has 0 unspecified atom stereocenters. The van der Waals surface area contributed by atoms with Gasteiger partial charge in [-0.1, -0.05) is 18.2 Å². The van der Waals surface area contributed by atoms with Gasteiger partial charge in [0.15, 0.2) is 0 Å². The molecule has 1 amide bonds. The summed E-state index contributed by atoms with van der Waals surface area (Å²) in [6, 6.07) is 11.3. The number of para-hydroxylation sites is 1. The van der Waals surface area contributed by atoms with Crippen molar-refractivity contribution in [3.05, 3.63) is 81.0 Å². The number of nitrogen functional groups attached to an aromatic ring is 1. The molecule has 1 aromatic heterocycles. The first-order chi connectivity index (χ1) is 15.4. The van der Waals surface area contributed by atoms with Crippen LogP contribution in [0.4, 0.5) is 24.7 Å². The first kappa shape index (κ1) is 22.3. The van der Waals surface area contributed by atoms with Crippen molar-refractivity contribution in [3.63, 3.8) is 0 Å². The third kappa shape index (κ3) is 3.39. The Balaban J connectivity index is 2.02. The molecule has 1 atom stereocenters. The molecule has 0 radical (unpaired) electrons. The zero-order chi connectivity index (χ0) is 24.2. The average Bonchev–Trinajstić information content (AvgIpc) is 3.01. The van der Waals surface area contributed by atoms with Crippen LogP contribution in [0, 0.1) is 0 Å². The molecule has 33 heavy (non-hydrogen) atoms. The number of anilines is 2. The number of nitrogens with two attached hydrogens (primary N) is 1. The third-order valence-corrected chi connectivity index (χ3v) is 6.44. The lowest BCUT2D eigenvalue weighted by atomic mass is 9.93. The summed E-state index contributed by atoms with van der Waals surface area (Å²) in [7, 11) is -5.01. The summed E-state index contributed by atoms with van der Waals surface area (Å²) >= 11 is 0. The number of nitrogens with zero attached hydrogens (tertiary/aromatic N) is 1. The van der Waals surface area contributed by atoms with E-state index in [1.54, 1.807) is 11.1 Å². The second-order valence-electron chi connectivity index (χ2n) is 7.03. The number of halogens is 3. The largest absolute Gasteiger partial charge is 0.421 e. The van der Waals surface area contributed by atoms with E-state index in [4.69, 9.17) is 5.73 Å². The van der Waals surface area contributed by atoms with Crippen LogP contribution in [0.1, 0.15) is 5.56 Å². The highest BCUT2D eigenvalue weighted by Crippen LogP contribution is 2.46. The predicted molar refractivity (Wildman–Crippen MR) is 110 cm³/mol. The molecule has 1 aliphatic rings. The number of carbonyl (C=O) groups is 1. The maximum Gasteiger partial charge on any atom is 0.421 e. The molecule has 3 aromatic rings. The molecule has 5 N–H and O–H groups in total. The van der Waals surface area contributed by atoms with Crippen molar-refractivity contribution in [2.24, 2.45) is 0 Å². The van der Waals surface area contributed by atoms with E-state index in [1.807, 2.05) is 5.32 Å². The fourth-order valence-electron chi connectivity index (χ4n) is 3.47. The van der Waals surface area contributed by atoms with E-state index >= 15 is 0 Å². The van der Waals surface area contributed by atoms with Gasteiger partial charge in [0, 0.05) is 5.69 Å². The summed E-state index contributed by atoms with van der Waals surface area (Å²) in [5.41, 5.74) is -2.40. The van der Waals surface area contributed by atoms with Crippen LogP contribution in [0.3, 0.4) is 0 Å². The Morgan fingerprint density at radius 3 is 2.15 bits per heavy atom. The van der Waals surface area contributed by atoms with Gasteiger partial charge < -0.3 is 11.1 Å². The first-order valence-corrected chi connectivity index (χ1v) is 10.6.